The Bertz CT molecular complexity index is 681. The van der Waals surface area contributed by atoms with E-state index in [1.807, 2.05) is 23.1 Å². The average molecular weight is 309 g/mol. The molecule has 0 saturated carbocycles. The first-order chi connectivity index (χ1) is 11.2. The number of aromatic nitrogens is 1. The van der Waals surface area contributed by atoms with Gasteiger partial charge in [-0.3, -0.25) is 4.79 Å². The van der Waals surface area contributed by atoms with E-state index in [2.05, 4.69) is 42.3 Å². The molecule has 0 spiro atoms. The quantitative estimate of drug-likeness (QED) is 0.940. The second-order valence-electron chi connectivity index (χ2n) is 6.13. The van der Waals surface area contributed by atoms with Gasteiger partial charge in [-0.05, 0) is 43.0 Å². The minimum absolute atomic E-state index is 0.00888. The number of carbonyl (C=O) groups excluding carboxylic acids is 1. The molecule has 4 nitrogen and oxygen atoms in total. The highest BCUT2D eigenvalue weighted by Gasteiger charge is 2.22. The molecular formula is C19H23N3O. The molecule has 0 radical (unpaired) electrons. The first kappa shape index (κ1) is 15.5. The maximum absolute atomic E-state index is 12.6. The summed E-state index contributed by atoms with van der Waals surface area (Å²) >= 11 is 0. The van der Waals surface area contributed by atoms with E-state index >= 15 is 0 Å². The lowest BCUT2D eigenvalue weighted by molar-refractivity contribution is 0.0729. The monoisotopic (exact) mass is 309 g/mol. The summed E-state index contributed by atoms with van der Waals surface area (Å²) in [5, 5.41) is 3.36. The number of hydrogen-bond donors (Lipinski definition) is 1. The maximum Gasteiger partial charge on any atom is 0.272 e. The molecule has 120 valence electrons. The fourth-order valence-electron chi connectivity index (χ4n) is 2.82. The van der Waals surface area contributed by atoms with Crippen molar-refractivity contribution >= 4 is 11.6 Å². The van der Waals surface area contributed by atoms with Crippen LogP contribution in [0.25, 0.3) is 0 Å². The topological polar surface area (TPSA) is 45.2 Å². The van der Waals surface area contributed by atoms with Gasteiger partial charge in [0.1, 0.15) is 5.69 Å². The Labute approximate surface area is 137 Å². The van der Waals surface area contributed by atoms with Crippen LogP contribution >= 0.6 is 0 Å². The van der Waals surface area contributed by atoms with Gasteiger partial charge < -0.3 is 10.2 Å². The van der Waals surface area contributed by atoms with Crippen molar-refractivity contribution < 1.29 is 4.79 Å². The van der Waals surface area contributed by atoms with Gasteiger partial charge in [-0.15, -0.1) is 0 Å². The van der Waals surface area contributed by atoms with Crippen LogP contribution < -0.4 is 5.32 Å². The van der Waals surface area contributed by atoms with Gasteiger partial charge in [-0.25, -0.2) is 4.98 Å². The summed E-state index contributed by atoms with van der Waals surface area (Å²) < 4.78 is 0. The molecule has 0 bridgehead atoms. The highest BCUT2D eigenvalue weighted by molar-refractivity contribution is 5.92. The average Bonchev–Trinajstić information content (AvgIpc) is 2.61. The molecule has 3 rings (SSSR count). The first-order valence-electron chi connectivity index (χ1n) is 8.26. The molecular weight excluding hydrogens is 286 g/mol. The van der Waals surface area contributed by atoms with E-state index in [0.29, 0.717) is 18.3 Å². The van der Waals surface area contributed by atoms with Crippen LogP contribution in [0.4, 0.5) is 5.69 Å². The van der Waals surface area contributed by atoms with Crippen molar-refractivity contribution in [1.82, 2.24) is 9.88 Å². The van der Waals surface area contributed by atoms with Crippen molar-refractivity contribution in [3.05, 3.63) is 59.4 Å². The molecule has 0 fully saturated rings. The van der Waals surface area contributed by atoms with E-state index in [4.69, 9.17) is 0 Å². The second-order valence-corrected chi connectivity index (χ2v) is 6.13. The van der Waals surface area contributed by atoms with Crippen LogP contribution in [-0.4, -0.2) is 28.4 Å². The van der Waals surface area contributed by atoms with Gasteiger partial charge in [0, 0.05) is 19.1 Å². The third kappa shape index (κ3) is 3.52. The number of fused-ring (bicyclic) bond motifs is 1. The van der Waals surface area contributed by atoms with Crippen LogP contribution in [0, 0.1) is 0 Å². The standard InChI is InChI=1S/C19H23N3O/c1-3-14(2)21-17-8-9-18(20-12-17)19(23)22-11-10-15-6-4-5-7-16(15)13-22/h4-9,12,14,21H,3,10-11,13H2,1-2H3. The summed E-state index contributed by atoms with van der Waals surface area (Å²) in [5.41, 5.74) is 4.05. The fraction of sp³-hybridized carbons (Fsp3) is 0.368. The van der Waals surface area contributed by atoms with Gasteiger partial charge in [0.25, 0.3) is 5.91 Å². The van der Waals surface area contributed by atoms with E-state index in [0.717, 1.165) is 25.1 Å². The minimum Gasteiger partial charge on any atom is -0.381 e. The van der Waals surface area contributed by atoms with Crippen LogP contribution in [-0.2, 0) is 13.0 Å². The minimum atomic E-state index is 0.00888. The largest absolute Gasteiger partial charge is 0.381 e. The molecule has 1 aliphatic rings. The molecule has 0 saturated heterocycles. The van der Waals surface area contributed by atoms with E-state index in [1.165, 1.54) is 11.1 Å². The van der Waals surface area contributed by atoms with Crippen molar-refractivity contribution in [2.75, 3.05) is 11.9 Å². The highest BCUT2D eigenvalue weighted by atomic mass is 16.2. The maximum atomic E-state index is 12.6. The van der Waals surface area contributed by atoms with E-state index in [-0.39, 0.29) is 5.91 Å². The zero-order chi connectivity index (χ0) is 16.2. The van der Waals surface area contributed by atoms with Crippen molar-refractivity contribution in [1.29, 1.82) is 0 Å². The van der Waals surface area contributed by atoms with Gasteiger partial charge in [0.15, 0.2) is 0 Å². The third-order valence-electron chi connectivity index (χ3n) is 4.43. The molecule has 1 aromatic carbocycles. The first-order valence-corrected chi connectivity index (χ1v) is 8.26. The summed E-state index contributed by atoms with van der Waals surface area (Å²) in [6, 6.07) is 12.5. The number of nitrogens with one attached hydrogen (secondary N) is 1. The summed E-state index contributed by atoms with van der Waals surface area (Å²) in [6.07, 6.45) is 3.71. The highest BCUT2D eigenvalue weighted by Crippen LogP contribution is 2.20. The molecule has 4 heteroatoms. The summed E-state index contributed by atoms with van der Waals surface area (Å²) in [4.78, 5) is 18.9. The lowest BCUT2D eigenvalue weighted by atomic mass is 10.00. The summed E-state index contributed by atoms with van der Waals surface area (Å²) in [6.45, 7) is 5.69. The smallest absolute Gasteiger partial charge is 0.272 e. The third-order valence-corrected chi connectivity index (χ3v) is 4.43. The summed E-state index contributed by atoms with van der Waals surface area (Å²) in [7, 11) is 0. The summed E-state index contributed by atoms with van der Waals surface area (Å²) in [5.74, 6) is 0.00888. The van der Waals surface area contributed by atoms with Crippen molar-refractivity contribution in [3.8, 4) is 0 Å². The number of rotatable bonds is 4. The molecule has 0 aliphatic carbocycles. The number of benzene rings is 1. The van der Waals surface area contributed by atoms with Crippen molar-refractivity contribution in [2.24, 2.45) is 0 Å². The zero-order valence-electron chi connectivity index (χ0n) is 13.7. The van der Waals surface area contributed by atoms with Crippen molar-refractivity contribution in [2.45, 2.75) is 39.3 Å². The van der Waals surface area contributed by atoms with E-state index < -0.39 is 0 Å². The van der Waals surface area contributed by atoms with Gasteiger partial charge in [0.05, 0.1) is 11.9 Å². The molecule has 1 unspecified atom stereocenters. The number of nitrogens with zero attached hydrogens (tertiary/aromatic N) is 2. The Hall–Kier alpha value is -2.36. The normalized spacial score (nSPS) is 15.0. The molecule has 1 N–H and O–H groups in total. The number of anilines is 1. The number of hydrogen-bond acceptors (Lipinski definition) is 3. The number of carbonyl (C=O) groups is 1. The van der Waals surface area contributed by atoms with Gasteiger partial charge in [-0.2, -0.15) is 0 Å². The SMILES string of the molecule is CCC(C)Nc1ccc(C(=O)N2CCc3ccccc3C2)nc1. The Balaban J connectivity index is 1.69. The molecule has 2 heterocycles. The predicted octanol–water partition coefficient (Wildman–Crippen LogP) is 3.49. The van der Waals surface area contributed by atoms with Gasteiger partial charge >= 0.3 is 0 Å². The van der Waals surface area contributed by atoms with E-state index in [9.17, 15) is 4.79 Å². The molecule has 1 amide bonds. The Morgan fingerprint density at radius 1 is 1.26 bits per heavy atom. The van der Waals surface area contributed by atoms with Crippen LogP contribution in [0.3, 0.4) is 0 Å². The fourth-order valence-corrected chi connectivity index (χ4v) is 2.82. The van der Waals surface area contributed by atoms with Crippen molar-refractivity contribution in [3.63, 3.8) is 0 Å². The van der Waals surface area contributed by atoms with Crippen LogP contribution in [0.5, 0.6) is 0 Å². The van der Waals surface area contributed by atoms with Crippen LogP contribution in [0.1, 0.15) is 41.9 Å². The van der Waals surface area contributed by atoms with Crippen LogP contribution in [0.2, 0.25) is 0 Å². The predicted molar refractivity (Wildman–Crippen MR) is 92.5 cm³/mol. The lowest BCUT2D eigenvalue weighted by Crippen LogP contribution is -2.36. The molecule has 2 aromatic rings. The second kappa shape index (κ2) is 6.82. The molecule has 23 heavy (non-hydrogen) atoms. The zero-order valence-corrected chi connectivity index (χ0v) is 13.7. The number of pyridine rings is 1. The van der Waals surface area contributed by atoms with Crippen LogP contribution in [0.15, 0.2) is 42.6 Å². The van der Waals surface area contributed by atoms with Gasteiger partial charge in [0.2, 0.25) is 0 Å². The molecule has 1 aliphatic heterocycles. The number of amides is 1. The molecule has 1 atom stereocenters. The lowest BCUT2D eigenvalue weighted by Gasteiger charge is -2.28. The van der Waals surface area contributed by atoms with Gasteiger partial charge in [-0.1, -0.05) is 31.2 Å². The van der Waals surface area contributed by atoms with E-state index in [1.54, 1.807) is 6.20 Å². The molecule has 1 aromatic heterocycles. The Kier molecular flexibility index (Phi) is 4.60. The Morgan fingerprint density at radius 2 is 2.04 bits per heavy atom. The Morgan fingerprint density at radius 3 is 2.74 bits per heavy atom.